The maximum atomic E-state index is 13.6. The Bertz CT molecular complexity index is 2090. The Morgan fingerprint density at radius 3 is 2.66 bits per heavy atom. The lowest BCUT2D eigenvalue weighted by Crippen LogP contribution is -2.20. The Hall–Kier alpha value is -4.93. The van der Waals surface area contributed by atoms with Crippen LogP contribution in [0.2, 0.25) is 5.02 Å². The smallest absolute Gasteiger partial charge is 0.282 e. The van der Waals surface area contributed by atoms with E-state index in [1.165, 1.54) is 10.9 Å². The number of amides is 1. The normalized spacial score (nSPS) is 11.3. The third-order valence-corrected chi connectivity index (χ3v) is 7.34. The molecule has 0 aliphatic heterocycles. The van der Waals surface area contributed by atoms with Crippen LogP contribution in [0.25, 0.3) is 33.5 Å². The summed E-state index contributed by atoms with van der Waals surface area (Å²) in [4.78, 5) is 30.8. The topological polar surface area (TPSA) is 108 Å². The molecule has 0 spiro atoms. The summed E-state index contributed by atoms with van der Waals surface area (Å²) in [5.41, 5.74) is 2.01. The Morgan fingerprint density at radius 2 is 1.84 bits per heavy atom. The van der Waals surface area contributed by atoms with Gasteiger partial charge in [0, 0.05) is 16.1 Å². The van der Waals surface area contributed by atoms with Crippen LogP contribution < -0.4 is 20.3 Å². The molecule has 4 aromatic carbocycles. The largest absolute Gasteiger partial charge is 0.490 e. The van der Waals surface area contributed by atoms with E-state index in [9.17, 15) is 9.59 Å². The third-order valence-electron chi connectivity index (χ3n) is 6.51. The Balaban J connectivity index is 1.34. The van der Waals surface area contributed by atoms with Gasteiger partial charge in [-0.05, 0) is 89.1 Å². The minimum absolute atomic E-state index is 0.228. The zero-order valence-electron chi connectivity index (χ0n) is 23.3. The Labute approximate surface area is 264 Å². The van der Waals surface area contributed by atoms with E-state index in [1.807, 2.05) is 31.2 Å². The maximum absolute atomic E-state index is 13.6. The van der Waals surface area contributed by atoms with Crippen molar-refractivity contribution < 1.29 is 18.7 Å². The molecule has 0 saturated carbocycles. The summed E-state index contributed by atoms with van der Waals surface area (Å²) in [7, 11) is 0. The molecule has 0 radical (unpaired) electrons. The standard InChI is InChI=1S/C33H24BrClN4O5/c1-2-42-28-15-20(14-25(34)31(28)43-19-30(40)37-23-8-4-3-5-9-23)18-36-39-32(38-26-11-7-6-10-24(26)33(39)41)29-17-21-16-22(35)12-13-27(21)44-29/h3-18H,2,19H2,1H3,(H,37,40). The van der Waals surface area contributed by atoms with Crippen molar-refractivity contribution in [3.63, 3.8) is 0 Å². The zero-order valence-corrected chi connectivity index (χ0v) is 25.6. The van der Waals surface area contributed by atoms with Gasteiger partial charge in [0.1, 0.15) is 5.58 Å². The molecular weight excluding hydrogens is 648 g/mol. The highest BCUT2D eigenvalue weighted by Crippen LogP contribution is 2.37. The molecule has 0 fully saturated rings. The molecule has 0 aliphatic carbocycles. The van der Waals surface area contributed by atoms with Gasteiger partial charge in [-0.2, -0.15) is 9.78 Å². The van der Waals surface area contributed by atoms with Gasteiger partial charge in [-0.1, -0.05) is 41.9 Å². The number of carbonyl (C=O) groups is 1. The quantitative estimate of drug-likeness (QED) is 0.159. The van der Waals surface area contributed by atoms with Gasteiger partial charge in [-0.15, -0.1) is 0 Å². The van der Waals surface area contributed by atoms with E-state index < -0.39 is 0 Å². The first kappa shape index (κ1) is 29.2. The highest BCUT2D eigenvalue weighted by atomic mass is 79.9. The minimum Gasteiger partial charge on any atom is -0.490 e. The van der Waals surface area contributed by atoms with Crippen molar-refractivity contribution in [1.82, 2.24) is 9.66 Å². The number of halogens is 2. The summed E-state index contributed by atoms with van der Waals surface area (Å²) in [5.74, 6) is 1.02. The van der Waals surface area contributed by atoms with E-state index in [4.69, 9.17) is 30.5 Å². The number of carbonyl (C=O) groups excluding carboxylic acids is 1. The van der Waals surface area contributed by atoms with Gasteiger partial charge in [-0.25, -0.2) is 4.98 Å². The van der Waals surface area contributed by atoms with Crippen molar-refractivity contribution >= 4 is 67.2 Å². The van der Waals surface area contributed by atoms with E-state index in [1.54, 1.807) is 66.7 Å². The molecule has 2 heterocycles. The van der Waals surface area contributed by atoms with Crippen LogP contribution in [0.3, 0.4) is 0 Å². The van der Waals surface area contributed by atoms with Crippen molar-refractivity contribution in [3.05, 3.63) is 116 Å². The predicted molar refractivity (Wildman–Crippen MR) is 175 cm³/mol. The van der Waals surface area contributed by atoms with Crippen LogP contribution in [0.4, 0.5) is 5.69 Å². The molecule has 6 rings (SSSR count). The number of furan rings is 1. The van der Waals surface area contributed by atoms with Crippen LogP contribution in [0.1, 0.15) is 12.5 Å². The van der Waals surface area contributed by atoms with E-state index in [0.717, 1.165) is 5.39 Å². The number of rotatable bonds is 9. The van der Waals surface area contributed by atoms with E-state index in [0.29, 0.717) is 61.1 Å². The van der Waals surface area contributed by atoms with Crippen LogP contribution >= 0.6 is 27.5 Å². The highest BCUT2D eigenvalue weighted by Gasteiger charge is 2.18. The van der Waals surface area contributed by atoms with Crippen LogP contribution in [0.5, 0.6) is 11.5 Å². The number of para-hydroxylation sites is 2. The first-order chi connectivity index (χ1) is 21.4. The molecule has 11 heteroatoms. The molecule has 44 heavy (non-hydrogen) atoms. The van der Waals surface area contributed by atoms with Crippen LogP contribution in [-0.4, -0.2) is 35.0 Å². The van der Waals surface area contributed by atoms with Gasteiger partial charge in [0.2, 0.25) is 5.82 Å². The SMILES string of the molecule is CCOc1cc(C=Nn2c(-c3cc4cc(Cl)ccc4o3)nc3ccccc3c2=O)cc(Br)c1OCC(=O)Nc1ccccc1. The lowest BCUT2D eigenvalue weighted by Gasteiger charge is -2.14. The lowest BCUT2D eigenvalue weighted by atomic mass is 10.2. The number of nitrogens with zero attached hydrogens (tertiary/aromatic N) is 3. The fourth-order valence-corrected chi connectivity index (χ4v) is 5.32. The van der Waals surface area contributed by atoms with Crippen LogP contribution in [0, 0.1) is 0 Å². The second-order valence-electron chi connectivity index (χ2n) is 9.57. The Kier molecular flexibility index (Phi) is 8.44. The molecule has 0 saturated heterocycles. The molecule has 220 valence electrons. The van der Waals surface area contributed by atoms with Gasteiger partial charge in [-0.3, -0.25) is 9.59 Å². The van der Waals surface area contributed by atoms with Crippen LogP contribution in [0.15, 0.2) is 110 Å². The number of hydrogen-bond donors (Lipinski definition) is 1. The molecule has 0 unspecified atom stereocenters. The maximum Gasteiger partial charge on any atom is 0.282 e. The third kappa shape index (κ3) is 6.22. The van der Waals surface area contributed by atoms with Crippen molar-refractivity contribution in [2.75, 3.05) is 18.5 Å². The summed E-state index contributed by atoms with van der Waals surface area (Å²) in [6.45, 7) is 1.97. The molecule has 1 N–H and O–H groups in total. The monoisotopic (exact) mass is 670 g/mol. The van der Waals surface area contributed by atoms with Gasteiger partial charge in [0.15, 0.2) is 23.9 Å². The number of benzene rings is 4. The van der Waals surface area contributed by atoms with Gasteiger partial charge in [0.25, 0.3) is 11.5 Å². The summed E-state index contributed by atoms with van der Waals surface area (Å²) < 4.78 is 19.4. The first-order valence-electron chi connectivity index (χ1n) is 13.6. The molecule has 2 aromatic heterocycles. The molecular formula is C33H24BrClN4O5. The summed E-state index contributed by atoms with van der Waals surface area (Å²) in [6, 6.07) is 26.7. The average Bonchev–Trinajstić information content (AvgIpc) is 3.44. The number of nitrogens with one attached hydrogen (secondary N) is 1. The van der Waals surface area contributed by atoms with Crippen molar-refractivity contribution in [2.24, 2.45) is 5.10 Å². The van der Waals surface area contributed by atoms with Crippen molar-refractivity contribution in [2.45, 2.75) is 6.92 Å². The second-order valence-corrected chi connectivity index (χ2v) is 10.9. The fraction of sp³-hybridized carbons (Fsp3) is 0.0909. The first-order valence-corrected chi connectivity index (χ1v) is 14.8. The molecule has 0 aliphatic rings. The lowest BCUT2D eigenvalue weighted by molar-refractivity contribution is -0.118. The number of ether oxygens (including phenoxy) is 2. The second kappa shape index (κ2) is 12.7. The number of hydrogen-bond acceptors (Lipinski definition) is 7. The van der Waals surface area contributed by atoms with Crippen LogP contribution in [-0.2, 0) is 4.79 Å². The summed E-state index contributed by atoms with van der Waals surface area (Å²) in [6.07, 6.45) is 1.51. The minimum atomic E-state index is -0.367. The van der Waals surface area contributed by atoms with E-state index in [2.05, 4.69) is 26.3 Å². The molecule has 1 amide bonds. The molecule has 0 atom stereocenters. The van der Waals surface area contributed by atoms with E-state index in [-0.39, 0.29) is 23.9 Å². The summed E-state index contributed by atoms with van der Waals surface area (Å²) in [5, 5.41) is 9.05. The number of aromatic nitrogens is 2. The fourth-order valence-electron chi connectivity index (χ4n) is 4.56. The molecule has 0 bridgehead atoms. The van der Waals surface area contributed by atoms with Crippen molar-refractivity contribution in [1.29, 1.82) is 0 Å². The zero-order chi connectivity index (χ0) is 30.6. The van der Waals surface area contributed by atoms with Gasteiger partial charge in [0.05, 0.1) is 28.2 Å². The Morgan fingerprint density at radius 1 is 1.05 bits per heavy atom. The van der Waals surface area contributed by atoms with E-state index >= 15 is 0 Å². The highest BCUT2D eigenvalue weighted by molar-refractivity contribution is 9.10. The molecule has 9 nitrogen and oxygen atoms in total. The average molecular weight is 672 g/mol. The number of anilines is 1. The predicted octanol–water partition coefficient (Wildman–Crippen LogP) is 7.52. The van der Waals surface area contributed by atoms with Gasteiger partial charge >= 0.3 is 0 Å². The molecule has 6 aromatic rings. The number of fused-ring (bicyclic) bond motifs is 2. The summed E-state index contributed by atoms with van der Waals surface area (Å²) >= 11 is 9.70. The van der Waals surface area contributed by atoms with Crippen molar-refractivity contribution in [3.8, 4) is 23.1 Å². The van der Waals surface area contributed by atoms with Gasteiger partial charge < -0.3 is 19.2 Å².